The minimum atomic E-state index is -1.14. The summed E-state index contributed by atoms with van der Waals surface area (Å²) in [6, 6.07) is 7.81. The SMILES string of the molecule is Cc1cc(C(=O)NCc2ccc(C(=O)O)o2)ccc1Cl. The fourth-order valence-electron chi connectivity index (χ4n) is 1.64. The van der Waals surface area contributed by atoms with Crippen LogP contribution in [0.15, 0.2) is 34.7 Å². The molecule has 0 aliphatic rings. The van der Waals surface area contributed by atoms with Crippen molar-refractivity contribution >= 4 is 23.5 Å². The number of rotatable bonds is 4. The lowest BCUT2D eigenvalue weighted by atomic mass is 10.1. The molecule has 0 aliphatic carbocycles. The number of aromatic carboxylic acids is 1. The average Bonchev–Trinajstić information content (AvgIpc) is 2.88. The highest BCUT2D eigenvalue weighted by Gasteiger charge is 2.11. The van der Waals surface area contributed by atoms with Crippen LogP contribution in [0.4, 0.5) is 0 Å². The standard InChI is InChI=1S/C14H12ClNO4/c1-8-6-9(2-4-11(8)15)13(17)16-7-10-3-5-12(20-10)14(18)19/h2-6H,7H2,1H3,(H,16,17)(H,18,19). The topological polar surface area (TPSA) is 79.5 Å². The molecule has 6 heteroatoms. The van der Waals surface area contributed by atoms with Crippen molar-refractivity contribution in [1.29, 1.82) is 0 Å². The molecule has 1 aromatic carbocycles. The van der Waals surface area contributed by atoms with Crippen LogP contribution in [0.25, 0.3) is 0 Å². The molecule has 2 N–H and O–H groups in total. The van der Waals surface area contributed by atoms with E-state index in [9.17, 15) is 9.59 Å². The summed E-state index contributed by atoms with van der Waals surface area (Å²) < 4.78 is 5.04. The van der Waals surface area contributed by atoms with Gasteiger partial charge < -0.3 is 14.8 Å². The summed E-state index contributed by atoms with van der Waals surface area (Å²) in [6.07, 6.45) is 0. The van der Waals surface area contributed by atoms with Crippen LogP contribution in [0.2, 0.25) is 5.02 Å². The largest absolute Gasteiger partial charge is 0.475 e. The van der Waals surface area contributed by atoms with E-state index < -0.39 is 5.97 Å². The van der Waals surface area contributed by atoms with E-state index in [-0.39, 0.29) is 18.2 Å². The molecule has 2 aromatic rings. The van der Waals surface area contributed by atoms with E-state index in [1.165, 1.54) is 12.1 Å². The number of aryl methyl sites for hydroxylation is 1. The third kappa shape index (κ3) is 3.19. The Kier molecular flexibility index (Phi) is 4.10. The molecular weight excluding hydrogens is 282 g/mol. The lowest BCUT2D eigenvalue weighted by Gasteiger charge is -2.05. The Bertz CT molecular complexity index is 663. The number of carbonyl (C=O) groups excluding carboxylic acids is 1. The molecule has 1 aromatic heterocycles. The molecule has 104 valence electrons. The second kappa shape index (κ2) is 5.79. The van der Waals surface area contributed by atoms with Gasteiger partial charge in [-0.25, -0.2) is 4.79 Å². The number of carboxylic acid groups (broad SMARTS) is 1. The summed E-state index contributed by atoms with van der Waals surface area (Å²) in [5.41, 5.74) is 1.29. The number of furan rings is 1. The Hall–Kier alpha value is -2.27. The molecule has 1 amide bonds. The summed E-state index contributed by atoms with van der Waals surface area (Å²) in [5.74, 6) is -1.20. The Labute approximate surface area is 120 Å². The molecule has 0 atom stereocenters. The highest BCUT2D eigenvalue weighted by molar-refractivity contribution is 6.31. The lowest BCUT2D eigenvalue weighted by molar-refractivity contribution is 0.0660. The zero-order valence-corrected chi connectivity index (χ0v) is 11.4. The van der Waals surface area contributed by atoms with Crippen molar-refractivity contribution in [2.45, 2.75) is 13.5 Å². The fraction of sp³-hybridized carbons (Fsp3) is 0.143. The number of benzene rings is 1. The number of halogens is 1. The number of hydrogen-bond donors (Lipinski definition) is 2. The molecule has 0 saturated heterocycles. The first kappa shape index (κ1) is 14.1. The van der Waals surface area contributed by atoms with Gasteiger partial charge in [-0.1, -0.05) is 11.6 Å². The van der Waals surface area contributed by atoms with Crippen molar-refractivity contribution in [3.63, 3.8) is 0 Å². The first-order valence-electron chi connectivity index (χ1n) is 5.83. The van der Waals surface area contributed by atoms with Gasteiger partial charge in [-0.2, -0.15) is 0 Å². The highest BCUT2D eigenvalue weighted by Crippen LogP contribution is 2.16. The van der Waals surface area contributed by atoms with Crippen LogP contribution in [-0.2, 0) is 6.54 Å². The van der Waals surface area contributed by atoms with Gasteiger partial charge in [-0.3, -0.25) is 4.79 Å². The van der Waals surface area contributed by atoms with Gasteiger partial charge in [0.15, 0.2) is 0 Å². The van der Waals surface area contributed by atoms with Crippen LogP contribution >= 0.6 is 11.6 Å². The Morgan fingerprint density at radius 2 is 2.05 bits per heavy atom. The normalized spacial score (nSPS) is 10.3. The maximum absolute atomic E-state index is 11.9. The summed E-state index contributed by atoms with van der Waals surface area (Å²) in [4.78, 5) is 22.6. The van der Waals surface area contributed by atoms with Gasteiger partial charge in [0, 0.05) is 10.6 Å². The van der Waals surface area contributed by atoms with E-state index >= 15 is 0 Å². The minimum Gasteiger partial charge on any atom is -0.475 e. The van der Waals surface area contributed by atoms with Gasteiger partial charge in [-0.15, -0.1) is 0 Å². The molecule has 0 radical (unpaired) electrons. The Balaban J connectivity index is 2.00. The quantitative estimate of drug-likeness (QED) is 0.908. The summed E-state index contributed by atoms with van der Waals surface area (Å²) >= 11 is 5.89. The number of hydrogen-bond acceptors (Lipinski definition) is 3. The van der Waals surface area contributed by atoms with E-state index in [2.05, 4.69) is 5.32 Å². The molecule has 2 rings (SSSR count). The van der Waals surface area contributed by atoms with Crippen molar-refractivity contribution in [1.82, 2.24) is 5.32 Å². The van der Waals surface area contributed by atoms with Crippen molar-refractivity contribution in [2.24, 2.45) is 0 Å². The predicted molar refractivity (Wildman–Crippen MR) is 73.0 cm³/mol. The first-order valence-corrected chi connectivity index (χ1v) is 6.21. The first-order chi connectivity index (χ1) is 9.47. The van der Waals surface area contributed by atoms with Gasteiger partial charge in [0.2, 0.25) is 5.76 Å². The molecule has 0 fully saturated rings. The second-order valence-corrected chi connectivity index (χ2v) is 4.62. The third-order valence-electron chi connectivity index (χ3n) is 2.72. The van der Waals surface area contributed by atoms with E-state index in [1.54, 1.807) is 18.2 Å². The van der Waals surface area contributed by atoms with Crippen LogP contribution in [0.3, 0.4) is 0 Å². The van der Waals surface area contributed by atoms with Gasteiger partial charge in [-0.05, 0) is 42.8 Å². The van der Waals surface area contributed by atoms with Gasteiger partial charge in [0.1, 0.15) is 5.76 Å². The number of nitrogens with one attached hydrogen (secondary N) is 1. The predicted octanol–water partition coefficient (Wildman–Crippen LogP) is 2.87. The summed E-state index contributed by atoms with van der Waals surface area (Å²) in [5, 5.41) is 12.0. The smallest absolute Gasteiger partial charge is 0.371 e. The molecule has 0 bridgehead atoms. The molecule has 5 nitrogen and oxygen atoms in total. The van der Waals surface area contributed by atoms with E-state index in [0.29, 0.717) is 16.3 Å². The van der Waals surface area contributed by atoms with Crippen LogP contribution < -0.4 is 5.32 Å². The fourth-order valence-corrected chi connectivity index (χ4v) is 1.76. The van der Waals surface area contributed by atoms with Crippen molar-refractivity contribution < 1.29 is 19.1 Å². The van der Waals surface area contributed by atoms with Crippen molar-refractivity contribution in [3.05, 3.63) is 58.0 Å². The van der Waals surface area contributed by atoms with E-state index in [0.717, 1.165) is 5.56 Å². The number of carboxylic acids is 1. The molecule has 0 aliphatic heterocycles. The number of carbonyl (C=O) groups is 2. The molecular formula is C14H12ClNO4. The monoisotopic (exact) mass is 293 g/mol. The van der Waals surface area contributed by atoms with Gasteiger partial charge >= 0.3 is 5.97 Å². The molecule has 20 heavy (non-hydrogen) atoms. The second-order valence-electron chi connectivity index (χ2n) is 4.22. The number of amides is 1. The Morgan fingerprint density at radius 1 is 1.30 bits per heavy atom. The maximum Gasteiger partial charge on any atom is 0.371 e. The summed E-state index contributed by atoms with van der Waals surface area (Å²) in [6.45, 7) is 1.93. The highest BCUT2D eigenvalue weighted by atomic mass is 35.5. The van der Waals surface area contributed by atoms with Crippen molar-refractivity contribution in [3.8, 4) is 0 Å². The summed E-state index contributed by atoms with van der Waals surface area (Å²) in [7, 11) is 0. The van der Waals surface area contributed by atoms with Crippen LogP contribution in [0, 0.1) is 6.92 Å². The third-order valence-corrected chi connectivity index (χ3v) is 3.14. The molecule has 0 spiro atoms. The van der Waals surface area contributed by atoms with Crippen LogP contribution in [0.5, 0.6) is 0 Å². The molecule has 0 unspecified atom stereocenters. The maximum atomic E-state index is 11.9. The van der Waals surface area contributed by atoms with E-state index in [1.807, 2.05) is 6.92 Å². The van der Waals surface area contributed by atoms with Gasteiger partial charge in [0.05, 0.1) is 6.54 Å². The lowest BCUT2D eigenvalue weighted by Crippen LogP contribution is -2.22. The van der Waals surface area contributed by atoms with Crippen LogP contribution in [0.1, 0.15) is 32.2 Å². The van der Waals surface area contributed by atoms with E-state index in [4.69, 9.17) is 21.1 Å². The minimum absolute atomic E-state index is 0.119. The molecule has 1 heterocycles. The zero-order chi connectivity index (χ0) is 14.7. The van der Waals surface area contributed by atoms with Gasteiger partial charge in [0.25, 0.3) is 5.91 Å². The average molecular weight is 294 g/mol. The zero-order valence-electron chi connectivity index (χ0n) is 10.6. The van der Waals surface area contributed by atoms with Crippen molar-refractivity contribution in [2.75, 3.05) is 0 Å². The molecule has 0 saturated carbocycles. The Morgan fingerprint density at radius 3 is 2.65 bits per heavy atom. The van der Waals surface area contributed by atoms with Crippen LogP contribution in [-0.4, -0.2) is 17.0 Å².